The average molecular weight is 203 g/mol. The fourth-order valence-electron chi connectivity index (χ4n) is 2.31. The number of para-hydroxylation sites is 1. The summed E-state index contributed by atoms with van der Waals surface area (Å²) in [6, 6.07) is 8.42. The molecule has 2 heteroatoms. The number of amides is 1. The van der Waals surface area contributed by atoms with Crippen molar-refractivity contribution in [2.24, 2.45) is 0 Å². The Hall–Kier alpha value is -1.31. The molecule has 0 spiro atoms. The number of rotatable bonds is 3. The zero-order valence-electron chi connectivity index (χ0n) is 9.36. The van der Waals surface area contributed by atoms with Crippen LogP contribution in [-0.2, 0) is 11.2 Å². The predicted octanol–water partition coefficient (Wildman–Crippen LogP) is 2.76. The molecule has 0 fully saturated rings. The van der Waals surface area contributed by atoms with Gasteiger partial charge in [-0.2, -0.15) is 0 Å². The summed E-state index contributed by atoms with van der Waals surface area (Å²) in [7, 11) is 0. The molecule has 1 aliphatic heterocycles. The van der Waals surface area contributed by atoms with Gasteiger partial charge in [0.2, 0.25) is 5.91 Å². The standard InChI is InChI=1S/C13H17NO/c1-3-6-10(2)14-12-8-5-4-7-11(12)9-13(14)15/h4-5,7-8,10H,3,6,9H2,1-2H3. The topological polar surface area (TPSA) is 20.3 Å². The van der Waals surface area contributed by atoms with Gasteiger partial charge in [-0.3, -0.25) is 4.79 Å². The summed E-state index contributed by atoms with van der Waals surface area (Å²) in [6.45, 7) is 4.28. The summed E-state index contributed by atoms with van der Waals surface area (Å²) in [6.07, 6.45) is 2.76. The molecule has 1 heterocycles. The van der Waals surface area contributed by atoms with Crippen LogP contribution in [0.4, 0.5) is 5.69 Å². The van der Waals surface area contributed by atoms with E-state index in [1.54, 1.807) is 0 Å². The molecule has 1 aromatic carbocycles. The molecule has 0 radical (unpaired) electrons. The Morgan fingerprint density at radius 1 is 1.40 bits per heavy atom. The summed E-state index contributed by atoms with van der Waals surface area (Å²) in [5, 5.41) is 0. The van der Waals surface area contributed by atoms with Gasteiger partial charge in [-0.05, 0) is 25.0 Å². The van der Waals surface area contributed by atoms with Crippen molar-refractivity contribution < 1.29 is 4.79 Å². The number of fused-ring (bicyclic) bond motifs is 1. The number of carbonyl (C=O) groups is 1. The summed E-state index contributed by atoms with van der Waals surface area (Å²) in [4.78, 5) is 13.8. The van der Waals surface area contributed by atoms with Crippen LogP contribution < -0.4 is 4.90 Å². The van der Waals surface area contributed by atoms with Crippen molar-refractivity contribution in [3.8, 4) is 0 Å². The van der Waals surface area contributed by atoms with Crippen LogP contribution in [0.2, 0.25) is 0 Å². The van der Waals surface area contributed by atoms with Crippen LogP contribution in [0.15, 0.2) is 24.3 Å². The second-order valence-electron chi connectivity index (χ2n) is 4.21. The molecule has 1 aromatic rings. The first kappa shape index (κ1) is 10.2. The van der Waals surface area contributed by atoms with Crippen LogP contribution in [0.25, 0.3) is 0 Å². The SMILES string of the molecule is CCCC(C)N1C(=O)Cc2ccccc21. The van der Waals surface area contributed by atoms with Crippen molar-refractivity contribution in [2.45, 2.75) is 39.2 Å². The molecule has 15 heavy (non-hydrogen) atoms. The summed E-state index contributed by atoms with van der Waals surface area (Å²) >= 11 is 0. The molecule has 80 valence electrons. The smallest absolute Gasteiger partial charge is 0.231 e. The maximum absolute atomic E-state index is 11.9. The molecule has 1 amide bonds. The summed E-state index contributed by atoms with van der Waals surface area (Å²) < 4.78 is 0. The van der Waals surface area contributed by atoms with E-state index >= 15 is 0 Å². The van der Waals surface area contributed by atoms with Crippen LogP contribution in [-0.4, -0.2) is 11.9 Å². The lowest BCUT2D eigenvalue weighted by Gasteiger charge is -2.25. The van der Waals surface area contributed by atoms with Gasteiger partial charge >= 0.3 is 0 Å². The van der Waals surface area contributed by atoms with E-state index in [2.05, 4.69) is 13.8 Å². The van der Waals surface area contributed by atoms with Crippen molar-refractivity contribution in [2.75, 3.05) is 4.90 Å². The van der Waals surface area contributed by atoms with Gasteiger partial charge in [-0.25, -0.2) is 0 Å². The van der Waals surface area contributed by atoms with Gasteiger partial charge in [-0.15, -0.1) is 0 Å². The van der Waals surface area contributed by atoms with Crippen molar-refractivity contribution in [3.05, 3.63) is 29.8 Å². The summed E-state index contributed by atoms with van der Waals surface area (Å²) in [5.74, 6) is 0.247. The highest BCUT2D eigenvalue weighted by atomic mass is 16.2. The van der Waals surface area contributed by atoms with Crippen molar-refractivity contribution in [3.63, 3.8) is 0 Å². The predicted molar refractivity (Wildman–Crippen MR) is 62.0 cm³/mol. The number of nitrogens with zero attached hydrogens (tertiary/aromatic N) is 1. The van der Waals surface area contributed by atoms with E-state index in [-0.39, 0.29) is 5.91 Å². The van der Waals surface area contributed by atoms with Gasteiger partial charge in [0.1, 0.15) is 0 Å². The van der Waals surface area contributed by atoms with Gasteiger partial charge in [0.25, 0.3) is 0 Å². The van der Waals surface area contributed by atoms with Crippen molar-refractivity contribution in [1.29, 1.82) is 0 Å². The fourth-order valence-corrected chi connectivity index (χ4v) is 2.31. The molecule has 0 bridgehead atoms. The Labute approximate surface area is 90.9 Å². The molecular weight excluding hydrogens is 186 g/mol. The number of hydrogen-bond donors (Lipinski definition) is 0. The number of benzene rings is 1. The Bertz CT molecular complexity index is 373. The van der Waals surface area contributed by atoms with Gasteiger partial charge in [0, 0.05) is 11.7 Å². The molecule has 0 saturated heterocycles. The number of hydrogen-bond acceptors (Lipinski definition) is 1. The van der Waals surface area contributed by atoms with E-state index in [0.29, 0.717) is 12.5 Å². The zero-order chi connectivity index (χ0) is 10.8. The zero-order valence-corrected chi connectivity index (χ0v) is 9.36. The largest absolute Gasteiger partial charge is 0.309 e. The molecule has 0 aliphatic carbocycles. The highest BCUT2D eigenvalue weighted by molar-refractivity contribution is 6.01. The van der Waals surface area contributed by atoms with Crippen LogP contribution in [0, 0.1) is 0 Å². The molecule has 0 N–H and O–H groups in total. The Kier molecular flexibility index (Phi) is 2.76. The second kappa shape index (κ2) is 4.05. The molecular formula is C13H17NO. The first-order chi connectivity index (χ1) is 7.24. The molecule has 0 aromatic heterocycles. The molecule has 2 rings (SSSR count). The molecule has 0 saturated carbocycles. The quantitative estimate of drug-likeness (QED) is 0.739. The van der Waals surface area contributed by atoms with E-state index in [1.807, 2.05) is 29.2 Å². The first-order valence-corrected chi connectivity index (χ1v) is 5.64. The van der Waals surface area contributed by atoms with Gasteiger partial charge in [0.15, 0.2) is 0 Å². The molecule has 1 atom stereocenters. The van der Waals surface area contributed by atoms with Gasteiger partial charge in [0.05, 0.1) is 6.42 Å². The molecule has 1 unspecified atom stereocenters. The summed E-state index contributed by atoms with van der Waals surface area (Å²) in [5.41, 5.74) is 2.29. The number of carbonyl (C=O) groups excluding carboxylic acids is 1. The van der Waals surface area contributed by atoms with Crippen molar-refractivity contribution in [1.82, 2.24) is 0 Å². The monoisotopic (exact) mass is 203 g/mol. The maximum atomic E-state index is 11.9. The minimum absolute atomic E-state index is 0.247. The Morgan fingerprint density at radius 3 is 2.87 bits per heavy atom. The highest BCUT2D eigenvalue weighted by Gasteiger charge is 2.29. The lowest BCUT2D eigenvalue weighted by atomic mass is 10.1. The number of anilines is 1. The third-order valence-electron chi connectivity index (χ3n) is 3.01. The average Bonchev–Trinajstić information content (AvgIpc) is 2.54. The highest BCUT2D eigenvalue weighted by Crippen LogP contribution is 2.31. The van der Waals surface area contributed by atoms with Crippen LogP contribution in [0.5, 0.6) is 0 Å². The minimum Gasteiger partial charge on any atom is -0.309 e. The third kappa shape index (κ3) is 1.76. The maximum Gasteiger partial charge on any atom is 0.231 e. The second-order valence-corrected chi connectivity index (χ2v) is 4.21. The minimum atomic E-state index is 0.247. The normalized spacial score (nSPS) is 16.7. The Balaban J connectivity index is 2.29. The lowest BCUT2D eigenvalue weighted by molar-refractivity contribution is -0.117. The lowest BCUT2D eigenvalue weighted by Crippen LogP contribution is -2.35. The van der Waals surface area contributed by atoms with E-state index in [1.165, 1.54) is 5.56 Å². The van der Waals surface area contributed by atoms with E-state index in [9.17, 15) is 4.79 Å². The third-order valence-corrected chi connectivity index (χ3v) is 3.01. The molecule has 1 aliphatic rings. The molecule has 2 nitrogen and oxygen atoms in total. The van der Waals surface area contributed by atoms with Gasteiger partial charge < -0.3 is 4.90 Å². The van der Waals surface area contributed by atoms with Crippen LogP contribution in [0.1, 0.15) is 32.3 Å². The van der Waals surface area contributed by atoms with E-state index in [0.717, 1.165) is 18.5 Å². The van der Waals surface area contributed by atoms with Crippen LogP contribution >= 0.6 is 0 Å². The van der Waals surface area contributed by atoms with E-state index in [4.69, 9.17) is 0 Å². The van der Waals surface area contributed by atoms with Gasteiger partial charge in [-0.1, -0.05) is 31.5 Å². The first-order valence-electron chi connectivity index (χ1n) is 5.64. The van der Waals surface area contributed by atoms with E-state index < -0.39 is 0 Å². The van der Waals surface area contributed by atoms with Crippen molar-refractivity contribution >= 4 is 11.6 Å². The van der Waals surface area contributed by atoms with Crippen LogP contribution in [0.3, 0.4) is 0 Å². The fraction of sp³-hybridized carbons (Fsp3) is 0.462. The Morgan fingerprint density at radius 2 is 2.13 bits per heavy atom.